The quantitative estimate of drug-likeness (QED) is 0.646. The molecule has 1 aromatic heterocycles. The Labute approximate surface area is 104 Å². The summed E-state index contributed by atoms with van der Waals surface area (Å²) in [6.45, 7) is 2.08. The summed E-state index contributed by atoms with van der Waals surface area (Å²) >= 11 is 0. The average molecular weight is 241 g/mol. The molecule has 2 aromatic rings. The van der Waals surface area contributed by atoms with Gasteiger partial charge in [-0.15, -0.1) is 0 Å². The number of aromatic nitrogens is 1. The van der Waals surface area contributed by atoms with Crippen LogP contribution in [0.15, 0.2) is 36.5 Å². The fourth-order valence-corrected chi connectivity index (χ4v) is 2.18. The minimum atomic E-state index is -0.398. The van der Waals surface area contributed by atoms with Crippen molar-refractivity contribution in [1.82, 2.24) is 4.57 Å². The molecule has 2 heterocycles. The molecular formula is C14H11NO3. The van der Waals surface area contributed by atoms with E-state index < -0.39 is 5.97 Å². The third-order valence-electron chi connectivity index (χ3n) is 2.99. The molecule has 0 bridgehead atoms. The molecule has 1 aromatic carbocycles. The lowest BCUT2D eigenvalue weighted by molar-refractivity contribution is 0.0526. The SMILES string of the molecule is CCOC(=O)c1ccc2c(c1)C(=O)c1cccn1-2. The zero-order chi connectivity index (χ0) is 12.7. The van der Waals surface area contributed by atoms with E-state index in [1.807, 2.05) is 16.8 Å². The van der Waals surface area contributed by atoms with Gasteiger partial charge in [-0.25, -0.2) is 4.79 Å². The van der Waals surface area contributed by atoms with Crippen LogP contribution in [0.2, 0.25) is 0 Å². The first-order chi connectivity index (χ1) is 8.72. The van der Waals surface area contributed by atoms with Crippen LogP contribution in [-0.4, -0.2) is 22.9 Å². The van der Waals surface area contributed by atoms with Crippen molar-refractivity contribution in [3.63, 3.8) is 0 Å². The van der Waals surface area contributed by atoms with E-state index >= 15 is 0 Å². The predicted octanol–water partition coefficient (Wildman–Crippen LogP) is 2.20. The Morgan fingerprint density at radius 3 is 2.94 bits per heavy atom. The highest BCUT2D eigenvalue weighted by molar-refractivity contribution is 6.14. The number of hydrogen-bond donors (Lipinski definition) is 0. The van der Waals surface area contributed by atoms with E-state index in [0.29, 0.717) is 23.4 Å². The smallest absolute Gasteiger partial charge is 0.338 e. The maximum atomic E-state index is 12.1. The number of nitrogens with zero attached hydrogens (tertiary/aromatic N) is 1. The molecule has 0 amide bonds. The molecule has 0 radical (unpaired) electrons. The van der Waals surface area contributed by atoms with Gasteiger partial charge in [0.15, 0.2) is 0 Å². The number of ketones is 1. The molecule has 0 saturated heterocycles. The van der Waals surface area contributed by atoms with Gasteiger partial charge in [-0.3, -0.25) is 4.79 Å². The molecule has 0 N–H and O–H groups in total. The highest BCUT2D eigenvalue weighted by Gasteiger charge is 2.27. The molecule has 90 valence electrons. The number of carbonyl (C=O) groups is 2. The third kappa shape index (κ3) is 1.39. The lowest BCUT2D eigenvalue weighted by Crippen LogP contribution is -2.06. The molecular weight excluding hydrogens is 230 g/mol. The molecule has 4 nitrogen and oxygen atoms in total. The maximum absolute atomic E-state index is 12.1. The average Bonchev–Trinajstić information content (AvgIpc) is 2.94. The maximum Gasteiger partial charge on any atom is 0.338 e. The number of rotatable bonds is 2. The first-order valence-corrected chi connectivity index (χ1v) is 5.76. The summed E-state index contributed by atoms with van der Waals surface area (Å²) in [5, 5.41) is 0. The highest BCUT2D eigenvalue weighted by atomic mass is 16.5. The van der Waals surface area contributed by atoms with Crippen molar-refractivity contribution in [2.24, 2.45) is 0 Å². The Morgan fingerprint density at radius 1 is 1.33 bits per heavy atom. The van der Waals surface area contributed by atoms with Crippen LogP contribution < -0.4 is 0 Å². The second-order valence-corrected chi connectivity index (χ2v) is 4.04. The Kier molecular flexibility index (Phi) is 2.30. The third-order valence-corrected chi connectivity index (χ3v) is 2.99. The van der Waals surface area contributed by atoms with Gasteiger partial charge >= 0.3 is 5.97 Å². The summed E-state index contributed by atoms with van der Waals surface area (Å²) in [5.41, 5.74) is 2.41. The van der Waals surface area contributed by atoms with Crippen LogP contribution in [0.5, 0.6) is 0 Å². The van der Waals surface area contributed by atoms with Crippen molar-refractivity contribution >= 4 is 11.8 Å². The van der Waals surface area contributed by atoms with Gasteiger partial charge in [-0.2, -0.15) is 0 Å². The highest BCUT2D eigenvalue weighted by Crippen LogP contribution is 2.28. The molecule has 1 aliphatic rings. The standard InChI is InChI=1S/C14H11NO3/c1-2-18-14(17)9-5-6-11-10(8-9)13(16)12-4-3-7-15(11)12/h3-8H,2H2,1H3. The fourth-order valence-electron chi connectivity index (χ4n) is 2.18. The molecule has 0 unspecified atom stereocenters. The van der Waals surface area contributed by atoms with Crippen molar-refractivity contribution in [1.29, 1.82) is 0 Å². The van der Waals surface area contributed by atoms with Crippen molar-refractivity contribution in [2.75, 3.05) is 6.61 Å². The van der Waals surface area contributed by atoms with Crippen LogP contribution in [0.4, 0.5) is 0 Å². The Hall–Kier alpha value is -2.36. The van der Waals surface area contributed by atoms with E-state index in [1.165, 1.54) is 0 Å². The number of fused-ring (bicyclic) bond motifs is 3. The first-order valence-electron chi connectivity index (χ1n) is 5.76. The van der Waals surface area contributed by atoms with E-state index in [4.69, 9.17) is 4.74 Å². The van der Waals surface area contributed by atoms with Gasteiger partial charge in [0.2, 0.25) is 5.78 Å². The second-order valence-electron chi connectivity index (χ2n) is 4.04. The monoisotopic (exact) mass is 241 g/mol. The van der Waals surface area contributed by atoms with Crippen molar-refractivity contribution in [3.8, 4) is 5.69 Å². The molecule has 4 heteroatoms. The number of benzene rings is 1. The minimum absolute atomic E-state index is 0.0545. The lowest BCUT2D eigenvalue weighted by atomic mass is 10.1. The molecule has 0 saturated carbocycles. The largest absolute Gasteiger partial charge is 0.462 e. The van der Waals surface area contributed by atoms with E-state index in [2.05, 4.69) is 0 Å². The molecule has 0 spiro atoms. The van der Waals surface area contributed by atoms with E-state index in [-0.39, 0.29) is 5.78 Å². The Balaban J connectivity index is 2.08. The second kappa shape index (κ2) is 3.84. The summed E-state index contributed by atoms with van der Waals surface area (Å²) in [6, 6.07) is 8.65. The van der Waals surface area contributed by atoms with Crippen LogP contribution in [0.25, 0.3) is 5.69 Å². The molecule has 0 aliphatic carbocycles. The summed E-state index contributed by atoms with van der Waals surface area (Å²) in [6.07, 6.45) is 1.84. The number of ether oxygens (including phenoxy) is 1. The van der Waals surface area contributed by atoms with Gasteiger partial charge in [-0.1, -0.05) is 0 Å². The van der Waals surface area contributed by atoms with Crippen molar-refractivity contribution in [3.05, 3.63) is 53.3 Å². The Morgan fingerprint density at radius 2 is 2.17 bits per heavy atom. The summed E-state index contributed by atoms with van der Waals surface area (Å²) in [4.78, 5) is 23.7. The van der Waals surface area contributed by atoms with Crippen LogP contribution in [0, 0.1) is 0 Å². The predicted molar refractivity (Wildman–Crippen MR) is 65.2 cm³/mol. The van der Waals surface area contributed by atoms with E-state index in [9.17, 15) is 9.59 Å². The zero-order valence-electron chi connectivity index (χ0n) is 9.84. The van der Waals surface area contributed by atoms with Crippen molar-refractivity contribution < 1.29 is 14.3 Å². The van der Waals surface area contributed by atoms with Crippen LogP contribution in [-0.2, 0) is 4.74 Å². The molecule has 3 rings (SSSR count). The minimum Gasteiger partial charge on any atom is -0.462 e. The van der Waals surface area contributed by atoms with Gasteiger partial charge in [0.1, 0.15) is 0 Å². The van der Waals surface area contributed by atoms with Crippen LogP contribution in [0.3, 0.4) is 0 Å². The van der Waals surface area contributed by atoms with Gasteiger partial charge < -0.3 is 9.30 Å². The van der Waals surface area contributed by atoms with Gasteiger partial charge in [0.05, 0.1) is 23.6 Å². The van der Waals surface area contributed by atoms with Gasteiger partial charge in [0, 0.05) is 11.8 Å². The molecule has 0 fully saturated rings. The fraction of sp³-hybridized carbons (Fsp3) is 0.143. The Bertz CT molecular complexity index is 655. The molecule has 1 aliphatic heterocycles. The number of esters is 1. The zero-order valence-corrected chi connectivity index (χ0v) is 9.84. The summed E-state index contributed by atoms with van der Waals surface area (Å²) < 4.78 is 6.75. The first kappa shape index (κ1) is 10.8. The lowest BCUT2D eigenvalue weighted by Gasteiger charge is -2.04. The van der Waals surface area contributed by atoms with Crippen molar-refractivity contribution in [2.45, 2.75) is 6.92 Å². The van der Waals surface area contributed by atoms with Crippen LogP contribution in [0.1, 0.15) is 33.3 Å². The van der Waals surface area contributed by atoms with E-state index in [0.717, 1.165) is 5.69 Å². The number of hydrogen-bond acceptors (Lipinski definition) is 3. The van der Waals surface area contributed by atoms with Gasteiger partial charge in [0.25, 0.3) is 0 Å². The topological polar surface area (TPSA) is 48.3 Å². The normalized spacial score (nSPS) is 12.2. The van der Waals surface area contributed by atoms with Crippen LogP contribution >= 0.6 is 0 Å². The number of carbonyl (C=O) groups excluding carboxylic acids is 2. The van der Waals surface area contributed by atoms with Gasteiger partial charge in [-0.05, 0) is 37.3 Å². The summed E-state index contributed by atoms with van der Waals surface area (Å²) in [7, 11) is 0. The molecule has 0 atom stereocenters. The van der Waals surface area contributed by atoms with E-state index in [1.54, 1.807) is 31.2 Å². The molecule has 18 heavy (non-hydrogen) atoms. The summed E-state index contributed by atoms with van der Waals surface area (Å²) in [5.74, 6) is -0.453.